The van der Waals surface area contributed by atoms with Crippen LogP contribution in [0.4, 0.5) is 39.5 Å². The third kappa shape index (κ3) is 4.89. The second-order valence-corrected chi connectivity index (χ2v) is 20.4. The Morgan fingerprint density at radius 3 is 0.727 bits per heavy atom. The van der Waals surface area contributed by atoms with Crippen molar-refractivity contribution in [3.8, 4) is 0 Å². The van der Waals surface area contributed by atoms with Crippen molar-refractivity contribution in [3.63, 3.8) is 0 Å². The van der Waals surface area contributed by atoms with Crippen molar-refractivity contribution in [1.29, 1.82) is 0 Å². The van der Waals surface area contributed by atoms with Crippen LogP contribution in [0, 0.1) is 20.8 Å². The van der Waals surface area contributed by atoms with E-state index in [0.717, 1.165) is 36.4 Å². The summed E-state index contributed by atoms with van der Waals surface area (Å²) >= 11 is 0. The number of hydrogen-bond donors (Lipinski definition) is 0. The van der Waals surface area contributed by atoms with E-state index in [1.165, 1.54) is 20.8 Å². The maximum atomic E-state index is 14.6. The monoisotopic (exact) mass is 716 g/mol. The molecule has 0 unspecified atom stereocenters. The summed E-state index contributed by atoms with van der Waals surface area (Å²) in [7, 11) is -31.7. The number of aryl methyl sites for hydroxylation is 3. The molecule has 3 aromatic rings. The Morgan fingerprint density at radius 2 is 0.568 bits per heavy atom. The third-order valence-electron chi connectivity index (χ3n) is 6.40. The molecule has 19 heteroatoms. The number of hydrogen-bond acceptors (Lipinski definition) is 6. The molecule has 0 heterocycles. The van der Waals surface area contributed by atoms with Crippen molar-refractivity contribution in [1.82, 2.24) is 0 Å². The van der Waals surface area contributed by atoms with E-state index in [1.54, 1.807) is 0 Å². The van der Waals surface area contributed by atoms with Gasteiger partial charge in [0, 0.05) is 14.7 Å². The molecule has 0 aliphatic carbocycles. The number of halogens is 9. The second-order valence-electron chi connectivity index (χ2n) is 9.40. The average Bonchev–Trinajstić information content (AvgIpc) is 2.86. The lowest BCUT2D eigenvalue weighted by Crippen LogP contribution is -2.65. The molecule has 0 spiro atoms. The minimum absolute atomic E-state index is 0.191. The van der Waals surface area contributed by atoms with Crippen LogP contribution in [-0.4, -0.2) is 44.5 Å². The van der Waals surface area contributed by atoms with Gasteiger partial charge in [0.05, 0.1) is 0 Å². The minimum Gasteiger partial charge on any atom is -0.216 e. The Morgan fingerprint density at radius 1 is 0.386 bits per heavy atom. The molecule has 6 nitrogen and oxygen atoms in total. The molecular formula is C25H21F9O6S4. The molecule has 0 atom stereocenters. The van der Waals surface area contributed by atoms with Crippen molar-refractivity contribution < 1.29 is 64.8 Å². The first-order valence-corrected chi connectivity index (χ1v) is 17.8. The van der Waals surface area contributed by atoms with Crippen LogP contribution in [0.15, 0.2) is 87.5 Å². The second kappa shape index (κ2) is 10.9. The molecule has 0 radical (unpaired) electrons. The van der Waals surface area contributed by atoms with E-state index in [9.17, 15) is 64.8 Å². The van der Waals surface area contributed by atoms with E-state index in [-0.39, 0.29) is 16.7 Å². The Bertz CT molecular complexity index is 1640. The molecule has 0 N–H and O–H groups in total. The van der Waals surface area contributed by atoms with Crippen LogP contribution in [0.5, 0.6) is 0 Å². The first-order chi connectivity index (χ1) is 19.7. The van der Waals surface area contributed by atoms with Crippen molar-refractivity contribution in [2.75, 3.05) is 0 Å². The Labute approximate surface area is 248 Å². The molecule has 0 aliphatic heterocycles. The van der Waals surface area contributed by atoms with Gasteiger partial charge in [-0.1, -0.05) is 53.1 Å². The zero-order valence-electron chi connectivity index (χ0n) is 22.4. The van der Waals surface area contributed by atoms with Crippen LogP contribution in [0.2, 0.25) is 0 Å². The van der Waals surface area contributed by atoms with Crippen molar-refractivity contribution in [2.24, 2.45) is 0 Å². The molecule has 3 aromatic carbocycles. The molecule has 44 heavy (non-hydrogen) atoms. The molecule has 244 valence electrons. The first-order valence-electron chi connectivity index (χ1n) is 11.7. The van der Waals surface area contributed by atoms with Crippen LogP contribution in [-0.2, 0) is 29.5 Å². The van der Waals surface area contributed by atoms with Gasteiger partial charge in [0.15, 0.2) is 0 Å². The predicted octanol–water partition coefficient (Wildman–Crippen LogP) is 7.31. The van der Waals surface area contributed by atoms with Gasteiger partial charge in [-0.25, -0.2) is 25.3 Å². The van der Waals surface area contributed by atoms with Gasteiger partial charge in [0.2, 0.25) is 0 Å². The SMILES string of the molecule is Cc1ccc(S(c2ccc(C)cc2)(c2ccc(C)cc2)C(S(=O)(=O)C(F)(F)F)(S(=O)(=O)C(F)(F)F)S(=O)(=O)C(F)(F)F)cc1. The number of rotatable bonds is 7. The van der Waals surface area contributed by atoms with Gasteiger partial charge in [0.1, 0.15) is 0 Å². The molecular weight excluding hydrogens is 696 g/mol. The minimum atomic E-state index is -8.59. The van der Waals surface area contributed by atoms with Gasteiger partial charge in [-0.15, -0.1) is 10.0 Å². The highest BCUT2D eigenvalue weighted by atomic mass is 32.4. The van der Waals surface area contributed by atoms with E-state index in [2.05, 4.69) is 0 Å². The van der Waals surface area contributed by atoms with Gasteiger partial charge in [0.25, 0.3) is 29.5 Å². The summed E-state index contributed by atoms with van der Waals surface area (Å²) in [6.45, 7) is 3.99. The highest BCUT2D eigenvalue weighted by molar-refractivity contribution is 8.55. The zero-order chi connectivity index (χ0) is 33.9. The molecule has 0 saturated carbocycles. The maximum absolute atomic E-state index is 14.6. The fourth-order valence-corrected chi connectivity index (χ4v) is 21.2. The third-order valence-corrected chi connectivity index (χ3v) is 22.1. The van der Waals surface area contributed by atoms with Gasteiger partial charge < -0.3 is 0 Å². The lowest BCUT2D eigenvalue weighted by molar-refractivity contribution is -0.0497. The smallest absolute Gasteiger partial charge is 0.216 e. The predicted molar refractivity (Wildman–Crippen MR) is 144 cm³/mol. The summed E-state index contributed by atoms with van der Waals surface area (Å²) in [6.07, 6.45) is 0. The Hall–Kier alpha value is -2.77. The van der Waals surface area contributed by atoms with Crippen molar-refractivity contribution in [2.45, 2.75) is 54.7 Å². The first kappa shape index (κ1) is 35.7. The normalized spacial score (nSPS) is 14.8. The quantitative estimate of drug-likeness (QED) is 0.238. The highest BCUT2D eigenvalue weighted by Gasteiger charge is 2.89. The van der Waals surface area contributed by atoms with E-state index in [0.29, 0.717) is 36.4 Å². The molecule has 0 saturated heterocycles. The fourth-order valence-electron chi connectivity index (χ4n) is 4.42. The van der Waals surface area contributed by atoms with Gasteiger partial charge in [-0.3, -0.25) is 0 Å². The van der Waals surface area contributed by atoms with E-state index < -0.39 is 73.5 Å². The van der Waals surface area contributed by atoms with Gasteiger partial charge in [-0.2, -0.15) is 39.5 Å². The van der Waals surface area contributed by atoms with Crippen LogP contribution >= 0.6 is 10.0 Å². The average molecular weight is 717 g/mol. The molecule has 3 rings (SSSR count). The highest BCUT2D eigenvalue weighted by Crippen LogP contribution is 2.82. The summed E-state index contributed by atoms with van der Waals surface area (Å²) in [5.74, 6) is 0. The topological polar surface area (TPSA) is 102 Å². The van der Waals surface area contributed by atoms with E-state index in [4.69, 9.17) is 0 Å². The summed E-state index contributed by atoms with van der Waals surface area (Å²) in [5.41, 5.74) is -21.3. The molecule has 0 aromatic heterocycles. The van der Waals surface area contributed by atoms with E-state index >= 15 is 0 Å². The maximum Gasteiger partial charge on any atom is 0.500 e. The summed E-state index contributed by atoms with van der Waals surface area (Å²) in [5, 5.41) is 0. The molecule has 0 bridgehead atoms. The summed E-state index contributed by atoms with van der Waals surface area (Å²) < 4.78 is 206. The molecule has 0 fully saturated rings. The van der Waals surface area contributed by atoms with Gasteiger partial charge >= 0.3 is 19.3 Å². The van der Waals surface area contributed by atoms with Crippen LogP contribution < -0.4 is 0 Å². The van der Waals surface area contributed by atoms with E-state index in [1.807, 2.05) is 0 Å². The number of benzene rings is 3. The molecule has 0 amide bonds. The standard InChI is InChI=1S/C25H21F9O6S4/c1-16-4-10-19(11-5-16)41(20-12-6-17(2)7-13-20,21-14-8-18(3)9-15-21)25(42(35,36)22(26,27)28,43(37,38)23(29,30)31)44(39,40)24(32,33)34/h4-15H,1-3H3. The Kier molecular flexibility index (Phi) is 8.88. The lowest BCUT2D eigenvalue weighted by Gasteiger charge is -2.52. The number of sulfone groups is 3. The summed E-state index contributed by atoms with van der Waals surface area (Å²) in [6, 6.07) is 9.21. The van der Waals surface area contributed by atoms with Crippen molar-refractivity contribution >= 4 is 39.5 Å². The zero-order valence-corrected chi connectivity index (χ0v) is 25.7. The largest absolute Gasteiger partial charge is 0.500 e. The van der Waals surface area contributed by atoms with Crippen LogP contribution in [0.25, 0.3) is 0 Å². The van der Waals surface area contributed by atoms with Crippen molar-refractivity contribution in [3.05, 3.63) is 89.5 Å². The molecule has 0 aliphatic rings. The van der Waals surface area contributed by atoms with Crippen LogP contribution in [0.3, 0.4) is 0 Å². The van der Waals surface area contributed by atoms with Crippen LogP contribution in [0.1, 0.15) is 16.7 Å². The number of alkyl halides is 9. The Balaban J connectivity index is 3.11. The summed E-state index contributed by atoms with van der Waals surface area (Å²) in [4.78, 5) is -3.53. The lowest BCUT2D eigenvalue weighted by atomic mass is 10.2. The fraction of sp³-hybridized carbons (Fsp3) is 0.280. The van der Waals surface area contributed by atoms with Gasteiger partial charge in [-0.05, 0) is 57.2 Å².